The van der Waals surface area contributed by atoms with Crippen molar-refractivity contribution >= 4 is 16.9 Å². The Morgan fingerprint density at radius 2 is 1.64 bits per heavy atom. The lowest BCUT2D eigenvalue weighted by Gasteiger charge is -2.07. The van der Waals surface area contributed by atoms with Crippen LogP contribution in [-0.4, -0.2) is 28.9 Å². The number of nitrogens with one attached hydrogen (secondary N) is 2. The number of hydrogen-bond donors (Lipinski definition) is 2. The zero-order valence-electron chi connectivity index (χ0n) is 12.9. The highest BCUT2D eigenvalue weighted by Gasteiger charge is 2.15. The number of para-hydroxylation sites is 2. The van der Waals surface area contributed by atoms with Gasteiger partial charge in [0.1, 0.15) is 11.7 Å². The van der Waals surface area contributed by atoms with Crippen LogP contribution in [0.25, 0.3) is 22.4 Å². The van der Waals surface area contributed by atoms with Crippen LogP contribution in [0.2, 0.25) is 0 Å². The van der Waals surface area contributed by atoms with E-state index in [1.807, 2.05) is 50.2 Å². The second-order valence-electron chi connectivity index (χ2n) is 4.81. The van der Waals surface area contributed by atoms with Crippen LogP contribution < -0.4 is 5.32 Å². The van der Waals surface area contributed by atoms with E-state index >= 15 is 0 Å². The van der Waals surface area contributed by atoms with Crippen LogP contribution in [-0.2, 0) is 0 Å². The molecule has 0 aliphatic carbocycles. The summed E-state index contributed by atoms with van der Waals surface area (Å²) >= 11 is 0. The van der Waals surface area contributed by atoms with Gasteiger partial charge in [-0.15, -0.1) is 0 Å². The highest BCUT2D eigenvalue weighted by molar-refractivity contribution is 6.05. The lowest BCUT2D eigenvalue weighted by molar-refractivity contribution is 0.960. The molecule has 0 unspecified atom stereocenters. The lowest BCUT2D eigenvalue weighted by atomic mass is 10.1. The largest absolute Gasteiger partial charge is 0.368 e. The van der Waals surface area contributed by atoms with Crippen molar-refractivity contribution in [3.05, 3.63) is 54.1 Å². The van der Waals surface area contributed by atoms with Gasteiger partial charge in [-0.1, -0.05) is 50.2 Å². The summed E-state index contributed by atoms with van der Waals surface area (Å²) in [6, 6.07) is 16.3. The number of benzene rings is 2. The Kier molecular flexibility index (Phi) is 4.19. The van der Waals surface area contributed by atoms with Crippen LogP contribution in [0.3, 0.4) is 0 Å². The average Bonchev–Trinajstić information content (AvgIpc) is 3.26. The Morgan fingerprint density at radius 1 is 0.909 bits per heavy atom. The highest BCUT2D eigenvalue weighted by Crippen LogP contribution is 2.24. The minimum Gasteiger partial charge on any atom is -0.368 e. The third-order valence-electron chi connectivity index (χ3n) is 3.50. The van der Waals surface area contributed by atoms with Crippen LogP contribution in [0.5, 0.6) is 0 Å². The summed E-state index contributed by atoms with van der Waals surface area (Å²) in [6.07, 6.45) is 0. The summed E-state index contributed by atoms with van der Waals surface area (Å²) in [5, 5.41) is 3.33. The Labute approximate surface area is 130 Å². The summed E-state index contributed by atoms with van der Waals surface area (Å²) in [5.74, 6) is 1.85. The minimum atomic E-state index is 0.837. The van der Waals surface area contributed by atoms with Crippen molar-refractivity contribution in [1.82, 2.24) is 15.3 Å². The monoisotopic (exact) mass is 292 g/mol. The Bertz CT molecular complexity index is 768. The molecular weight excluding hydrogens is 272 g/mol. The van der Waals surface area contributed by atoms with E-state index in [9.17, 15) is 0 Å². The number of imidazole rings is 1. The molecule has 4 heteroatoms. The lowest BCUT2D eigenvalue weighted by Crippen LogP contribution is -2.20. The predicted octanol–water partition coefficient (Wildman–Crippen LogP) is 3.61. The highest BCUT2D eigenvalue weighted by atomic mass is 15.1. The number of rotatable bonds is 2. The number of aromatic nitrogens is 2. The number of H-pyrrole nitrogens is 1. The SMILES string of the molecule is CC.c1ccc(-c2nc3ccccc3[nH]2)c(C2=NCCN2)c1. The van der Waals surface area contributed by atoms with Gasteiger partial charge in [0.25, 0.3) is 0 Å². The maximum atomic E-state index is 4.68. The fourth-order valence-corrected chi connectivity index (χ4v) is 2.55. The molecule has 0 spiro atoms. The van der Waals surface area contributed by atoms with Crippen LogP contribution >= 0.6 is 0 Å². The van der Waals surface area contributed by atoms with E-state index in [4.69, 9.17) is 0 Å². The zero-order valence-corrected chi connectivity index (χ0v) is 12.9. The summed E-state index contributed by atoms with van der Waals surface area (Å²) in [4.78, 5) is 12.6. The van der Waals surface area contributed by atoms with Gasteiger partial charge in [0, 0.05) is 17.7 Å². The van der Waals surface area contributed by atoms with Gasteiger partial charge in [-0.05, 0) is 12.1 Å². The molecule has 3 aromatic rings. The Hall–Kier alpha value is -2.62. The molecule has 22 heavy (non-hydrogen) atoms. The van der Waals surface area contributed by atoms with Crippen molar-refractivity contribution in [2.24, 2.45) is 4.99 Å². The molecule has 0 fully saturated rings. The molecule has 4 nitrogen and oxygen atoms in total. The molecule has 2 aromatic carbocycles. The molecule has 0 amide bonds. The van der Waals surface area contributed by atoms with E-state index in [0.717, 1.165) is 46.9 Å². The molecule has 0 saturated carbocycles. The summed E-state index contributed by atoms with van der Waals surface area (Å²) in [7, 11) is 0. The first-order valence-corrected chi connectivity index (χ1v) is 7.75. The van der Waals surface area contributed by atoms with E-state index in [0.29, 0.717) is 0 Å². The smallest absolute Gasteiger partial charge is 0.139 e. The molecule has 1 aliphatic rings. The van der Waals surface area contributed by atoms with Crippen molar-refractivity contribution in [2.45, 2.75) is 13.8 Å². The molecule has 112 valence electrons. The maximum absolute atomic E-state index is 4.68. The molecule has 0 atom stereocenters. The fraction of sp³-hybridized carbons (Fsp3) is 0.222. The van der Waals surface area contributed by atoms with Crippen molar-refractivity contribution < 1.29 is 0 Å². The first-order valence-electron chi connectivity index (χ1n) is 7.75. The second kappa shape index (κ2) is 6.43. The number of aliphatic imine (C=N–C) groups is 1. The van der Waals surface area contributed by atoms with E-state index in [-0.39, 0.29) is 0 Å². The molecule has 1 aromatic heterocycles. The average molecular weight is 292 g/mol. The third kappa shape index (κ3) is 2.60. The van der Waals surface area contributed by atoms with Gasteiger partial charge >= 0.3 is 0 Å². The number of nitrogens with zero attached hydrogens (tertiary/aromatic N) is 2. The normalized spacial score (nSPS) is 13.3. The van der Waals surface area contributed by atoms with E-state index in [1.165, 1.54) is 0 Å². The molecule has 0 bridgehead atoms. The molecule has 2 N–H and O–H groups in total. The van der Waals surface area contributed by atoms with Gasteiger partial charge in [0.2, 0.25) is 0 Å². The molecule has 2 heterocycles. The Morgan fingerprint density at radius 3 is 2.36 bits per heavy atom. The third-order valence-corrected chi connectivity index (χ3v) is 3.50. The topological polar surface area (TPSA) is 53.1 Å². The standard InChI is InChI=1S/C16H14N4.C2H6/c1-2-6-12(11(5-1)15-17-9-10-18-15)16-19-13-7-3-4-8-14(13)20-16;1-2/h1-8H,9-10H2,(H,17,18)(H,19,20);1-2H3. The number of aromatic amines is 1. The molecule has 4 rings (SSSR count). The summed E-state index contributed by atoms with van der Waals surface area (Å²) in [6.45, 7) is 5.74. The number of fused-ring (bicyclic) bond motifs is 1. The zero-order chi connectivity index (χ0) is 15.4. The van der Waals surface area contributed by atoms with Crippen molar-refractivity contribution in [2.75, 3.05) is 13.1 Å². The van der Waals surface area contributed by atoms with Gasteiger partial charge < -0.3 is 10.3 Å². The van der Waals surface area contributed by atoms with Gasteiger partial charge in [-0.3, -0.25) is 4.99 Å². The van der Waals surface area contributed by atoms with E-state index in [2.05, 4.69) is 32.4 Å². The maximum Gasteiger partial charge on any atom is 0.139 e. The van der Waals surface area contributed by atoms with E-state index < -0.39 is 0 Å². The van der Waals surface area contributed by atoms with Gasteiger partial charge in [0.05, 0.1) is 17.6 Å². The Balaban J connectivity index is 0.000000693. The van der Waals surface area contributed by atoms with Crippen LogP contribution in [0.1, 0.15) is 19.4 Å². The van der Waals surface area contributed by atoms with Crippen LogP contribution in [0.4, 0.5) is 0 Å². The molecule has 1 aliphatic heterocycles. The molecule has 0 radical (unpaired) electrons. The quantitative estimate of drug-likeness (QED) is 0.758. The number of amidine groups is 1. The first-order chi connectivity index (χ1) is 10.9. The van der Waals surface area contributed by atoms with Gasteiger partial charge in [0.15, 0.2) is 0 Å². The van der Waals surface area contributed by atoms with Crippen molar-refractivity contribution in [1.29, 1.82) is 0 Å². The van der Waals surface area contributed by atoms with Gasteiger partial charge in [-0.25, -0.2) is 4.98 Å². The number of hydrogen-bond acceptors (Lipinski definition) is 3. The molecular formula is C18H20N4. The first kappa shape index (κ1) is 14.3. The minimum absolute atomic E-state index is 0.837. The van der Waals surface area contributed by atoms with Gasteiger partial charge in [-0.2, -0.15) is 0 Å². The fourth-order valence-electron chi connectivity index (χ4n) is 2.55. The summed E-state index contributed by atoms with van der Waals surface area (Å²) < 4.78 is 0. The summed E-state index contributed by atoms with van der Waals surface area (Å²) in [5.41, 5.74) is 4.22. The second-order valence-corrected chi connectivity index (χ2v) is 4.81. The van der Waals surface area contributed by atoms with E-state index in [1.54, 1.807) is 0 Å². The van der Waals surface area contributed by atoms with Crippen molar-refractivity contribution in [3.63, 3.8) is 0 Å². The molecule has 0 saturated heterocycles. The predicted molar refractivity (Wildman–Crippen MR) is 92.3 cm³/mol. The van der Waals surface area contributed by atoms with Crippen molar-refractivity contribution in [3.8, 4) is 11.4 Å². The van der Waals surface area contributed by atoms with Crippen LogP contribution in [0, 0.1) is 0 Å². The van der Waals surface area contributed by atoms with Crippen LogP contribution in [0.15, 0.2) is 53.5 Å².